The highest BCUT2D eigenvalue weighted by molar-refractivity contribution is 5.97. The van der Waals surface area contributed by atoms with Crippen LogP contribution in [0.1, 0.15) is 12.8 Å². The number of rotatable bonds is 9. The Balaban J connectivity index is 1.84. The van der Waals surface area contributed by atoms with E-state index in [0.29, 0.717) is 24.5 Å². The number of ether oxygens (including phenoxy) is 2. The van der Waals surface area contributed by atoms with Crippen molar-refractivity contribution in [3.63, 3.8) is 0 Å². The van der Waals surface area contributed by atoms with Crippen LogP contribution < -0.4 is 14.4 Å². The SMILES string of the molecule is COc1ccc(OCCCC(=O)N(CC(=O)O)c2ccccc2)cc1. The van der Waals surface area contributed by atoms with Crippen molar-refractivity contribution < 1.29 is 24.2 Å². The van der Waals surface area contributed by atoms with Crippen LogP contribution in [-0.4, -0.2) is 37.2 Å². The molecule has 0 heterocycles. The van der Waals surface area contributed by atoms with Gasteiger partial charge in [-0.05, 0) is 42.8 Å². The lowest BCUT2D eigenvalue weighted by Gasteiger charge is -2.20. The molecular weight excluding hydrogens is 322 g/mol. The van der Waals surface area contributed by atoms with Gasteiger partial charge in [0, 0.05) is 12.1 Å². The number of nitrogens with zero attached hydrogens (tertiary/aromatic N) is 1. The molecule has 0 aliphatic heterocycles. The van der Waals surface area contributed by atoms with Crippen LogP contribution in [0.5, 0.6) is 11.5 Å². The molecule has 0 spiro atoms. The minimum absolute atomic E-state index is 0.207. The second-order valence-electron chi connectivity index (χ2n) is 5.34. The van der Waals surface area contributed by atoms with Gasteiger partial charge in [-0.15, -0.1) is 0 Å². The maximum absolute atomic E-state index is 12.4. The number of methoxy groups -OCH3 is 1. The molecule has 0 radical (unpaired) electrons. The monoisotopic (exact) mass is 343 g/mol. The Morgan fingerprint density at radius 1 is 1.00 bits per heavy atom. The first-order valence-corrected chi connectivity index (χ1v) is 7.94. The van der Waals surface area contributed by atoms with Crippen LogP contribution in [0.3, 0.4) is 0 Å². The maximum Gasteiger partial charge on any atom is 0.323 e. The summed E-state index contributed by atoms with van der Waals surface area (Å²) in [6, 6.07) is 16.0. The van der Waals surface area contributed by atoms with Gasteiger partial charge in [0.25, 0.3) is 0 Å². The molecular formula is C19H21NO5. The van der Waals surface area contributed by atoms with Gasteiger partial charge in [-0.3, -0.25) is 9.59 Å². The predicted octanol–water partition coefficient (Wildman–Crippen LogP) is 2.97. The van der Waals surface area contributed by atoms with E-state index in [9.17, 15) is 9.59 Å². The fraction of sp³-hybridized carbons (Fsp3) is 0.263. The fourth-order valence-corrected chi connectivity index (χ4v) is 2.29. The molecule has 1 N–H and O–H groups in total. The number of carbonyl (C=O) groups excluding carboxylic acids is 1. The second-order valence-corrected chi connectivity index (χ2v) is 5.34. The molecule has 25 heavy (non-hydrogen) atoms. The van der Waals surface area contributed by atoms with Crippen molar-refractivity contribution in [2.75, 3.05) is 25.2 Å². The lowest BCUT2D eigenvalue weighted by Crippen LogP contribution is -2.35. The van der Waals surface area contributed by atoms with Crippen molar-refractivity contribution in [2.45, 2.75) is 12.8 Å². The van der Waals surface area contributed by atoms with Crippen LogP contribution in [-0.2, 0) is 9.59 Å². The molecule has 0 saturated carbocycles. The summed E-state index contributed by atoms with van der Waals surface area (Å²) in [6.45, 7) is 0.00987. The Labute approximate surface area is 146 Å². The Morgan fingerprint density at radius 3 is 2.24 bits per heavy atom. The molecule has 132 valence electrons. The summed E-state index contributed by atoms with van der Waals surface area (Å²) in [4.78, 5) is 24.7. The summed E-state index contributed by atoms with van der Waals surface area (Å²) in [5.41, 5.74) is 0.575. The van der Waals surface area contributed by atoms with Crippen molar-refractivity contribution in [3.8, 4) is 11.5 Å². The number of carboxylic acids is 1. The smallest absolute Gasteiger partial charge is 0.323 e. The van der Waals surface area contributed by atoms with Gasteiger partial charge in [0.2, 0.25) is 5.91 Å². The van der Waals surface area contributed by atoms with Gasteiger partial charge in [0.1, 0.15) is 18.0 Å². The van der Waals surface area contributed by atoms with E-state index >= 15 is 0 Å². The molecule has 0 aliphatic carbocycles. The molecule has 0 atom stereocenters. The number of hydrogen-bond donors (Lipinski definition) is 1. The van der Waals surface area contributed by atoms with Gasteiger partial charge in [0.15, 0.2) is 0 Å². The van der Waals surface area contributed by atoms with Gasteiger partial charge in [0.05, 0.1) is 13.7 Å². The first-order chi connectivity index (χ1) is 12.1. The van der Waals surface area contributed by atoms with E-state index in [1.165, 1.54) is 4.90 Å². The van der Waals surface area contributed by atoms with E-state index in [-0.39, 0.29) is 18.9 Å². The number of benzene rings is 2. The lowest BCUT2D eigenvalue weighted by atomic mass is 10.2. The van der Waals surface area contributed by atoms with E-state index < -0.39 is 5.97 Å². The van der Waals surface area contributed by atoms with Gasteiger partial charge in [-0.1, -0.05) is 18.2 Å². The summed E-state index contributed by atoms with van der Waals surface area (Å²) in [5, 5.41) is 9.03. The standard InChI is InChI=1S/C19H21NO5/c1-24-16-9-11-17(12-10-16)25-13-5-8-18(21)20(14-19(22)23)15-6-3-2-4-7-15/h2-4,6-7,9-12H,5,8,13-14H2,1H3,(H,22,23). The third kappa shape index (κ3) is 5.84. The highest BCUT2D eigenvalue weighted by Gasteiger charge is 2.18. The van der Waals surface area contributed by atoms with Crippen LogP contribution >= 0.6 is 0 Å². The minimum Gasteiger partial charge on any atom is -0.497 e. The van der Waals surface area contributed by atoms with Crippen molar-refractivity contribution in [1.29, 1.82) is 0 Å². The fourth-order valence-electron chi connectivity index (χ4n) is 2.29. The first-order valence-electron chi connectivity index (χ1n) is 7.94. The molecule has 0 saturated heterocycles. The quantitative estimate of drug-likeness (QED) is 0.709. The molecule has 6 nitrogen and oxygen atoms in total. The number of carbonyl (C=O) groups is 2. The molecule has 6 heteroatoms. The zero-order valence-corrected chi connectivity index (χ0v) is 14.1. The molecule has 2 rings (SSSR count). The number of carboxylic acid groups (broad SMARTS) is 1. The Bertz CT molecular complexity index is 685. The third-order valence-corrected chi connectivity index (χ3v) is 3.53. The summed E-state index contributed by atoms with van der Waals surface area (Å²) in [7, 11) is 1.59. The zero-order chi connectivity index (χ0) is 18.1. The average molecular weight is 343 g/mol. The highest BCUT2D eigenvalue weighted by atomic mass is 16.5. The van der Waals surface area contributed by atoms with Crippen molar-refractivity contribution in [2.24, 2.45) is 0 Å². The molecule has 2 aromatic rings. The molecule has 2 aromatic carbocycles. The van der Waals surface area contributed by atoms with Gasteiger partial charge in [-0.25, -0.2) is 0 Å². The Morgan fingerprint density at radius 2 is 1.64 bits per heavy atom. The van der Waals surface area contributed by atoms with Gasteiger partial charge >= 0.3 is 5.97 Å². The maximum atomic E-state index is 12.4. The van der Waals surface area contributed by atoms with Crippen molar-refractivity contribution in [3.05, 3.63) is 54.6 Å². The number of para-hydroxylation sites is 1. The number of anilines is 1. The largest absolute Gasteiger partial charge is 0.497 e. The highest BCUT2D eigenvalue weighted by Crippen LogP contribution is 2.18. The van der Waals surface area contributed by atoms with E-state index in [0.717, 1.165) is 5.75 Å². The number of aliphatic carboxylic acids is 1. The minimum atomic E-state index is -1.05. The van der Waals surface area contributed by atoms with Crippen molar-refractivity contribution >= 4 is 17.6 Å². The van der Waals surface area contributed by atoms with Crippen LogP contribution in [0.25, 0.3) is 0 Å². The molecule has 0 bridgehead atoms. The molecule has 1 amide bonds. The summed E-state index contributed by atoms with van der Waals surface area (Å²) in [5.74, 6) is 0.145. The van der Waals surface area contributed by atoms with Gasteiger partial charge in [-0.2, -0.15) is 0 Å². The second kappa shape index (κ2) is 9.32. The third-order valence-electron chi connectivity index (χ3n) is 3.53. The average Bonchev–Trinajstić information content (AvgIpc) is 2.64. The number of amides is 1. The van der Waals surface area contributed by atoms with Crippen LogP contribution in [0.2, 0.25) is 0 Å². The summed E-state index contributed by atoms with van der Waals surface area (Å²) in [6.07, 6.45) is 0.701. The molecule has 0 fully saturated rings. The molecule has 0 unspecified atom stereocenters. The van der Waals surface area contributed by atoms with E-state index in [1.807, 2.05) is 6.07 Å². The summed E-state index contributed by atoms with van der Waals surface area (Å²) >= 11 is 0. The zero-order valence-electron chi connectivity index (χ0n) is 14.1. The summed E-state index contributed by atoms with van der Waals surface area (Å²) < 4.78 is 10.7. The Kier molecular flexibility index (Phi) is 6.83. The van der Waals surface area contributed by atoms with Crippen LogP contribution in [0.4, 0.5) is 5.69 Å². The molecule has 0 aliphatic rings. The molecule has 0 aromatic heterocycles. The van der Waals surface area contributed by atoms with Gasteiger partial charge < -0.3 is 19.5 Å². The number of hydrogen-bond acceptors (Lipinski definition) is 4. The predicted molar refractivity (Wildman–Crippen MR) is 94.2 cm³/mol. The van der Waals surface area contributed by atoms with E-state index in [1.54, 1.807) is 55.6 Å². The van der Waals surface area contributed by atoms with Crippen molar-refractivity contribution in [1.82, 2.24) is 0 Å². The topological polar surface area (TPSA) is 76.1 Å². The van der Waals surface area contributed by atoms with E-state index in [4.69, 9.17) is 14.6 Å². The van der Waals surface area contributed by atoms with Crippen LogP contribution in [0.15, 0.2) is 54.6 Å². The Hall–Kier alpha value is -3.02. The lowest BCUT2D eigenvalue weighted by molar-refractivity contribution is -0.136. The normalized spacial score (nSPS) is 10.1. The van der Waals surface area contributed by atoms with Crippen LogP contribution in [0, 0.1) is 0 Å². The first kappa shape index (κ1) is 18.3. The van der Waals surface area contributed by atoms with E-state index in [2.05, 4.69) is 0 Å².